The van der Waals surface area contributed by atoms with Gasteiger partial charge in [-0.15, -0.1) is 0 Å². The molecule has 0 saturated carbocycles. The average molecular weight is 442 g/mol. The Balaban J connectivity index is 1.51. The molecule has 0 atom stereocenters. The molecule has 1 N–H and O–H groups in total. The van der Waals surface area contributed by atoms with E-state index in [-0.39, 0.29) is 5.91 Å². The molecule has 28 heavy (non-hydrogen) atoms. The molecule has 1 amide bonds. The molecule has 0 unspecified atom stereocenters. The Hall–Kier alpha value is -2.99. The normalized spacial score (nSPS) is 10.2. The van der Waals surface area contributed by atoms with E-state index < -0.39 is 0 Å². The highest BCUT2D eigenvalue weighted by molar-refractivity contribution is 9.10. The smallest absolute Gasteiger partial charge is 0.259 e. The molecule has 0 aromatic heterocycles. The van der Waals surface area contributed by atoms with E-state index in [4.69, 9.17) is 14.2 Å². The maximum atomic E-state index is 12.5. The van der Waals surface area contributed by atoms with Crippen LogP contribution in [0.15, 0.2) is 77.3 Å². The van der Waals surface area contributed by atoms with Crippen LogP contribution in [-0.2, 0) is 0 Å². The van der Waals surface area contributed by atoms with Crippen LogP contribution in [0.1, 0.15) is 10.4 Å². The van der Waals surface area contributed by atoms with Gasteiger partial charge in [0.1, 0.15) is 30.5 Å². The van der Waals surface area contributed by atoms with Crippen LogP contribution >= 0.6 is 15.9 Å². The Kier molecular flexibility index (Phi) is 6.92. The summed E-state index contributed by atoms with van der Waals surface area (Å²) in [6.07, 6.45) is 0. The molecule has 5 nitrogen and oxygen atoms in total. The molecule has 0 radical (unpaired) electrons. The van der Waals surface area contributed by atoms with Gasteiger partial charge >= 0.3 is 0 Å². The van der Waals surface area contributed by atoms with Gasteiger partial charge in [0.25, 0.3) is 5.91 Å². The number of carbonyl (C=O) groups is 1. The fourth-order valence-electron chi connectivity index (χ4n) is 2.53. The number of hydrogen-bond acceptors (Lipinski definition) is 4. The van der Waals surface area contributed by atoms with Crippen molar-refractivity contribution in [2.45, 2.75) is 0 Å². The fourth-order valence-corrected chi connectivity index (χ4v) is 2.89. The van der Waals surface area contributed by atoms with Gasteiger partial charge in [0.05, 0.1) is 12.7 Å². The number of methoxy groups -OCH3 is 1. The minimum atomic E-state index is -0.247. The summed E-state index contributed by atoms with van der Waals surface area (Å²) in [7, 11) is 1.54. The molecule has 0 spiro atoms. The molecule has 144 valence electrons. The number of ether oxygens (including phenoxy) is 3. The number of benzene rings is 3. The number of para-hydroxylation sites is 1. The molecule has 3 rings (SSSR count). The van der Waals surface area contributed by atoms with Gasteiger partial charge in [0, 0.05) is 10.2 Å². The van der Waals surface area contributed by atoms with E-state index in [2.05, 4.69) is 21.2 Å². The van der Waals surface area contributed by atoms with Crippen LogP contribution in [-0.4, -0.2) is 26.2 Å². The summed E-state index contributed by atoms with van der Waals surface area (Å²) in [5.41, 5.74) is 1.12. The predicted octanol–water partition coefficient (Wildman–Crippen LogP) is 5.17. The number of halogens is 1. The lowest BCUT2D eigenvalue weighted by atomic mass is 10.2. The second-order valence-corrected chi connectivity index (χ2v) is 6.75. The number of amides is 1. The number of nitrogens with one attached hydrogen (secondary N) is 1. The fraction of sp³-hybridized carbons (Fsp3) is 0.136. The number of hydrogen-bond donors (Lipinski definition) is 1. The topological polar surface area (TPSA) is 56.8 Å². The minimum absolute atomic E-state index is 0.247. The lowest BCUT2D eigenvalue weighted by Gasteiger charge is -2.11. The third kappa shape index (κ3) is 5.50. The molecular weight excluding hydrogens is 422 g/mol. The summed E-state index contributed by atoms with van der Waals surface area (Å²) in [5.74, 6) is 1.78. The maximum absolute atomic E-state index is 12.5. The van der Waals surface area contributed by atoms with Gasteiger partial charge in [-0.1, -0.05) is 34.1 Å². The summed E-state index contributed by atoms with van der Waals surface area (Å²) in [6.45, 7) is 0.876. The zero-order valence-corrected chi connectivity index (χ0v) is 16.9. The standard InChI is InChI=1S/C22H20BrNO4/c1-26-21-12-7-16(23)15-20(21)22(25)24-17-8-10-19(11-9-17)28-14-13-27-18-5-3-2-4-6-18/h2-12,15H,13-14H2,1H3,(H,24,25). The highest BCUT2D eigenvalue weighted by Gasteiger charge is 2.13. The van der Waals surface area contributed by atoms with E-state index in [0.29, 0.717) is 36.0 Å². The van der Waals surface area contributed by atoms with E-state index in [1.807, 2.05) is 36.4 Å². The van der Waals surface area contributed by atoms with Crippen molar-refractivity contribution < 1.29 is 19.0 Å². The first-order valence-corrected chi connectivity index (χ1v) is 9.50. The second-order valence-electron chi connectivity index (χ2n) is 5.83. The molecule has 0 aliphatic carbocycles. The van der Waals surface area contributed by atoms with E-state index in [1.54, 1.807) is 36.4 Å². The van der Waals surface area contributed by atoms with E-state index in [0.717, 1.165) is 10.2 Å². The molecular formula is C22H20BrNO4. The van der Waals surface area contributed by atoms with Crippen molar-refractivity contribution in [3.8, 4) is 17.2 Å². The SMILES string of the molecule is COc1ccc(Br)cc1C(=O)Nc1ccc(OCCOc2ccccc2)cc1. The largest absolute Gasteiger partial charge is 0.496 e. The summed E-state index contributed by atoms with van der Waals surface area (Å²) in [5, 5.41) is 2.86. The second kappa shape index (κ2) is 9.80. The van der Waals surface area contributed by atoms with Crippen LogP contribution < -0.4 is 19.5 Å². The van der Waals surface area contributed by atoms with Gasteiger partial charge in [-0.05, 0) is 54.6 Å². The summed E-state index contributed by atoms with van der Waals surface area (Å²) >= 11 is 3.37. The first-order valence-electron chi connectivity index (χ1n) is 8.71. The van der Waals surface area contributed by atoms with Gasteiger partial charge in [0.2, 0.25) is 0 Å². The van der Waals surface area contributed by atoms with Crippen molar-refractivity contribution in [2.24, 2.45) is 0 Å². The highest BCUT2D eigenvalue weighted by Crippen LogP contribution is 2.24. The molecule has 0 bridgehead atoms. The van der Waals surface area contributed by atoms with Crippen molar-refractivity contribution in [1.29, 1.82) is 0 Å². The Bertz CT molecular complexity index is 914. The van der Waals surface area contributed by atoms with Crippen LogP contribution in [0.2, 0.25) is 0 Å². The van der Waals surface area contributed by atoms with E-state index >= 15 is 0 Å². The zero-order valence-electron chi connectivity index (χ0n) is 15.4. The molecule has 6 heteroatoms. The Morgan fingerprint density at radius 3 is 2.18 bits per heavy atom. The number of carbonyl (C=O) groups excluding carboxylic acids is 1. The van der Waals surface area contributed by atoms with Crippen LogP contribution in [0.25, 0.3) is 0 Å². The summed E-state index contributed by atoms with van der Waals surface area (Å²) in [4.78, 5) is 12.5. The van der Waals surface area contributed by atoms with Crippen LogP contribution in [0, 0.1) is 0 Å². The minimum Gasteiger partial charge on any atom is -0.496 e. The molecule has 0 heterocycles. The number of rotatable bonds is 8. The quantitative estimate of drug-likeness (QED) is 0.490. The summed E-state index contributed by atoms with van der Waals surface area (Å²) < 4.78 is 17.3. The average Bonchev–Trinajstić information content (AvgIpc) is 2.73. The molecule has 0 fully saturated rings. The van der Waals surface area contributed by atoms with E-state index in [9.17, 15) is 4.79 Å². The van der Waals surface area contributed by atoms with Crippen molar-refractivity contribution in [3.63, 3.8) is 0 Å². The van der Waals surface area contributed by atoms with Crippen molar-refractivity contribution in [1.82, 2.24) is 0 Å². The van der Waals surface area contributed by atoms with Crippen molar-refractivity contribution in [2.75, 3.05) is 25.6 Å². The lowest BCUT2D eigenvalue weighted by Crippen LogP contribution is -2.13. The lowest BCUT2D eigenvalue weighted by molar-refractivity contribution is 0.102. The molecule has 0 saturated heterocycles. The molecule has 0 aliphatic heterocycles. The third-order valence-corrected chi connectivity index (χ3v) is 4.38. The summed E-state index contributed by atoms with van der Waals surface area (Å²) in [6, 6.07) is 22.1. The zero-order chi connectivity index (χ0) is 19.8. The number of anilines is 1. The van der Waals surface area contributed by atoms with Crippen LogP contribution in [0.3, 0.4) is 0 Å². The maximum Gasteiger partial charge on any atom is 0.259 e. The first kappa shape index (κ1) is 19.8. The highest BCUT2D eigenvalue weighted by atomic mass is 79.9. The molecule has 3 aromatic rings. The molecule has 0 aliphatic rings. The van der Waals surface area contributed by atoms with Gasteiger partial charge in [0.15, 0.2) is 0 Å². The third-order valence-electron chi connectivity index (χ3n) is 3.88. The van der Waals surface area contributed by atoms with Gasteiger partial charge in [-0.25, -0.2) is 0 Å². The van der Waals surface area contributed by atoms with Gasteiger partial charge in [-0.2, -0.15) is 0 Å². The van der Waals surface area contributed by atoms with Crippen LogP contribution in [0.4, 0.5) is 5.69 Å². The molecule has 3 aromatic carbocycles. The van der Waals surface area contributed by atoms with Crippen LogP contribution in [0.5, 0.6) is 17.2 Å². The monoisotopic (exact) mass is 441 g/mol. The van der Waals surface area contributed by atoms with Crippen molar-refractivity contribution >= 4 is 27.5 Å². The van der Waals surface area contributed by atoms with Crippen molar-refractivity contribution in [3.05, 3.63) is 82.8 Å². The Labute approximate surface area is 172 Å². The van der Waals surface area contributed by atoms with Gasteiger partial charge < -0.3 is 19.5 Å². The van der Waals surface area contributed by atoms with E-state index in [1.165, 1.54) is 7.11 Å². The Morgan fingerprint density at radius 1 is 0.893 bits per heavy atom. The predicted molar refractivity (Wildman–Crippen MR) is 113 cm³/mol. The van der Waals surface area contributed by atoms with Gasteiger partial charge in [-0.3, -0.25) is 4.79 Å². The Morgan fingerprint density at radius 2 is 1.54 bits per heavy atom. The first-order chi connectivity index (χ1) is 13.7.